The number of amides is 1. The van der Waals surface area contributed by atoms with E-state index in [1.807, 2.05) is 18.2 Å². The number of hydrogen-bond acceptors (Lipinski definition) is 4. The summed E-state index contributed by atoms with van der Waals surface area (Å²) in [6.45, 7) is 3.22. The van der Waals surface area contributed by atoms with Crippen LogP contribution in [0, 0.1) is 0 Å². The Morgan fingerprint density at radius 2 is 1.96 bits per heavy atom. The molecule has 1 amide bonds. The number of ether oxygens (including phenoxy) is 1. The predicted molar refractivity (Wildman–Crippen MR) is 99.9 cm³/mol. The zero-order valence-corrected chi connectivity index (χ0v) is 15.7. The second-order valence-electron chi connectivity index (χ2n) is 6.87. The number of nitrogens with zero attached hydrogens (tertiary/aromatic N) is 1. The van der Waals surface area contributed by atoms with Crippen LogP contribution in [0.2, 0.25) is 10.0 Å². The van der Waals surface area contributed by atoms with E-state index in [9.17, 15) is 4.79 Å². The van der Waals surface area contributed by atoms with Gasteiger partial charge in [0.1, 0.15) is 6.10 Å². The van der Waals surface area contributed by atoms with Gasteiger partial charge in [-0.1, -0.05) is 29.3 Å². The highest BCUT2D eigenvalue weighted by atomic mass is 35.5. The third kappa shape index (κ3) is 5.08. The Balaban J connectivity index is 1.42. The van der Waals surface area contributed by atoms with Crippen molar-refractivity contribution >= 4 is 29.1 Å². The van der Waals surface area contributed by atoms with Crippen LogP contribution in [0.3, 0.4) is 0 Å². The molecule has 0 saturated carbocycles. The number of rotatable bonds is 5. The van der Waals surface area contributed by atoms with Gasteiger partial charge in [-0.05, 0) is 43.4 Å². The summed E-state index contributed by atoms with van der Waals surface area (Å²) in [5.74, 6) is 0.0129. The van der Waals surface area contributed by atoms with Gasteiger partial charge in [0, 0.05) is 32.2 Å². The molecule has 0 radical (unpaired) electrons. The summed E-state index contributed by atoms with van der Waals surface area (Å²) in [7, 11) is 0. The van der Waals surface area contributed by atoms with E-state index < -0.39 is 0 Å². The number of nitrogens with two attached hydrogens (primary N) is 1. The molecule has 0 bridgehead atoms. The van der Waals surface area contributed by atoms with Crippen LogP contribution in [0.25, 0.3) is 0 Å². The van der Waals surface area contributed by atoms with Crippen molar-refractivity contribution in [1.82, 2.24) is 10.2 Å². The minimum atomic E-state index is -0.331. The number of hydrogen-bond donors (Lipinski definition) is 2. The molecule has 1 aromatic carbocycles. The topological polar surface area (TPSA) is 67.6 Å². The van der Waals surface area contributed by atoms with Gasteiger partial charge in [-0.15, -0.1) is 0 Å². The smallest absolute Gasteiger partial charge is 0.249 e. The van der Waals surface area contributed by atoms with E-state index in [1.54, 1.807) is 0 Å². The molecule has 5 nitrogen and oxygen atoms in total. The molecule has 2 saturated heterocycles. The van der Waals surface area contributed by atoms with Gasteiger partial charge in [0.05, 0.1) is 16.1 Å². The average molecular weight is 386 g/mol. The molecule has 1 aromatic rings. The van der Waals surface area contributed by atoms with Gasteiger partial charge in [-0.3, -0.25) is 9.69 Å². The summed E-state index contributed by atoms with van der Waals surface area (Å²) < 4.78 is 5.66. The normalized spacial score (nSPS) is 25.2. The molecular weight excluding hydrogens is 361 g/mol. The molecular formula is C18H25Cl2N3O2. The first kappa shape index (κ1) is 18.9. The van der Waals surface area contributed by atoms with E-state index in [0.717, 1.165) is 50.9 Å². The molecule has 2 heterocycles. The largest absolute Gasteiger partial charge is 0.364 e. The Kier molecular flexibility index (Phi) is 6.58. The highest BCUT2D eigenvalue weighted by molar-refractivity contribution is 6.42. The fourth-order valence-corrected chi connectivity index (χ4v) is 3.82. The van der Waals surface area contributed by atoms with Gasteiger partial charge < -0.3 is 15.8 Å². The lowest BCUT2D eigenvalue weighted by Crippen LogP contribution is -2.47. The Morgan fingerprint density at radius 1 is 1.20 bits per heavy atom. The fraction of sp³-hybridized carbons (Fsp3) is 0.611. The number of carbonyl (C=O) groups is 1. The van der Waals surface area contributed by atoms with Crippen LogP contribution in [-0.2, 0) is 16.1 Å². The lowest BCUT2D eigenvalue weighted by molar-refractivity contribution is -0.132. The lowest BCUT2D eigenvalue weighted by atomic mass is 10.0. The predicted octanol–water partition coefficient (Wildman–Crippen LogP) is 2.58. The van der Waals surface area contributed by atoms with Crippen molar-refractivity contribution in [2.24, 2.45) is 5.73 Å². The van der Waals surface area contributed by atoms with Crippen molar-refractivity contribution in [3.8, 4) is 0 Å². The Hall–Kier alpha value is -0.850. The molecule has 7 heteroatoms. The minimum Gasteiger partial charge on any atom is -0.364 e. The Bertz CT molecular complexity index is 606. The molecule has 138 valence electrons. The van der Waals surface area contributed by atoms with Gasteiger partial charge in [-0.2, -0.15) is 0 Å². The monoisotopic (exact) mass is 385 g/mol. The minimum absolute atomic E-state index is 0.0129. The van der Waals surface area contributed by atoms with Crippen LogP contribution in [-0.4, -0.2) is 48.7 Å². The maximum absolute atomic E-state index is 12.3. The lowest BCUT2D eigenvalue weighted by Gasteiger charge is -2.32. The van der Waals surface area contributed by atoms with E-state index in [2.05, 4.69) is 10.2 Å². The molecule has 0 spiro atoms. The zero-order chi connectivity index (χ0) is 17.8. The molecule has 25 heavy (non-hydrogen) atoms. The van der Waals surface area contributed by atoms with E-state index in [4.69, 9.17) is 33.7 Å². The van der Waals surface area contributed by atoms with Crippen molar-refractivity contribution in [3.05, 3.63) is 33.8 Å². The number of halogens is 2. The highest BCUT2D eigenvalue weighted by Crippen LogP contribution is 2.24. The molecule has 3 N–H and O–H groups in total. The zero-order valence-electron chi connectivity index (χ0n) is 14.2. The van der Waals surface area contributed by atoms with Crippen LogP contribution < -0.4 is 11.1 Å². The first-order valence-electron chi connectivity index (χ1n) is 8.87. The van der Waals surface area contributed by atoms with Crippen molar-refractivity contribution < 1.29 is 9.53 Å². The first-order valence-corrected chi connectivity index (χ1v) is 9.63. The van der Waals surface area contributed by atoms with Gasteiger partial charge >= 0.3 is 0 Å². The summed E-state index contributed by atoms with van der Waals surface area (Å²) in [6.07, 6.45) is 3.23. The van der Waals surface area contributed by atoms with Crippen LogP contribution >= 0.6 is 23.2 Å². The van der Waals surface area contributed by atoms with Gasteiger partial charge in [0.15, 0.2) is 0 Å². The molecule has 2 aliphatic heterocycles. The van der Waals surface area contributed by atoms with E-state index in [1.165, 1.54) is 0 Å². The van der Waals surface area contributed by atoms with Crippen LogP contribution in [0.15, 0.2) is 18.2 Å². The summed E-state index contributed by atoms with van der Waals surface area (Å²) >= 11 is 12.0. The van der Waals surface area contributed by atoms with E-state index >= 15 is 0 Å². The third-order valence-corrected chi connectivity index (χ3v) is 5.73. The molecule has 2 fully saturated rings. The second-order valence-corrected chi connectivity index (χ2v) is 7.68. The maximum atomic E-state index is 12.3. The quantitative estimate of drug-likeness (QED) is 0.817. The number of piperidine rings is 1. The van der Waals surface area contributed by atoms with Crippen molar-refractivity contribution in [2.75, 3.05) is 19.6 Å². The molecule has 0 aliphatic carbocycles. The highest BCUT2D eigenvalue weighted by Gasteiger charge is 2.31. The molecule has 2 atom stereocenters. The number of likely N-dealkylation sites (tertiary alicyclic amines) is 1. The SMILES string of the molecule is NC[C@H]1CC[C@@H](C(=O)NC2CCN(Cc3ccc(Cl)c(Cl)c3)CC2)O1. The number of nitrogens with one attached hydrogen (secondary N) is 1. The van der Waals surface area contributed by atoms with Crippen molar-refractivity contribution in [1.29, 1.82) is 0 Å². The second kappa shape index (κ2) is 8.69. The van der Waals surface area contributed by atoms with Gasteiger partial charge in [-0.25, -0.2) is 0 Å². The van der Waals surface area contributed by atoms with E-state index in [0.29, 0.717) is 16.6 Å². The summed E-state index contributed by atoms with van der Waals surface area (Å²) in [6, 6.07) is 5.98. The first-order chi connectivity index (χ1) is 12.0. The number of benzene rings is 1. The maximum Gasteiger partial charge on any atom is 0.249 e. The van der Waals surface area contributed by atoms with Crippen LogP contribution in [0.1, 0.15) is 31.2 Å². The number of carbonyl (C=O) groups excluding carboxylic acids is 1. The summed E-state index contributed by atoms with van der Waals surface area (Å²) in [5.41, 5.74) is 6.76. The molecule has 3 rings (SSSR count). The Morgan fingerprint density at radius 3 is 2.60 bits per heavy atom. The van der Waals surface area contributed by atoms with Gasteiger partial charge in [0.25, 0.3) is 0 Å². The average Bonchev–Trinajstić information content (AvgIpc) is 3.09. The summed E-state index contributed by atoms with van der Waals surface area (Å²) in [5, 5.41) is 4.31. The summed E-state index contributed by atoms with van der Waals surface area (Å²) in [4.78, 5) is 14.7. The van der Waals surface area contributed by atoms with Crippen molar-refractivity contribution in [2.45, 2.75) is 50.5 Å². The van der Waals surface area contributed by atoms with Crippen LogP contribution in [0.4, 0.5) is 0 Å². The fourth-order valence-electron chi connectivity index (χ4n) is 3.50. The molecule has 2 aliphatic rings. The van der Waals surface area contributed by atoms with Gasteiger partial charge in [0.2, 0.25) is 5.91 Å². The van der Waals surface area contributed by atoms with Crippen molar-refractivity contribution in [3.63, 3.8) is 0 Å². The third-order valence-electron chi connectivity index (χ3n) is 4.99. The molecule has 0 aromatic heterocycles. The standard InChI is InChI=1S/C18H25Cl2N3O2/c19-15-3-1-12(9-16(15)20)11-23-7-5-13(6-8-23)22-18(24)17-4-2-14(10-21)25-17/h1,3,9,13-14,17H,2,4-8,10-11,21H2,(H,22,24)/t14-,17+/m1/s1. The Labute approximate surface area is 158 Å². The van der Waals surface area contributed by atoms with E-state index in [-0.39, 0.29) is 24.2 Å². The van der Waals surface area contributed by atoms with Crippen LogP contribution in [0.5, 0.6) is 0 Å². The molecule has 0 unspecified atom stereocenters.